The fourth-order valence-electron chi connectivity index (χ4n) is 2.34. The molecule has 0 bridgehead atoms. The maximum Gasteiger partial charge on any atom is 0.286 e. The summed E-state index contributed by atoms with van der Waals surface area (Å²) in [5, 5.41) is 4.39. The van der Waals surface area contributed by atoms with Crippen molar-refractivity contribution in [1.82, 2.24) is 10.3 Å². The van der Waals surface area contributed by atoms with E-state index in [0.717, 1.165) is 17.3 Å². The molecule has 0 spiro atoms. The minimum Gasteiger partial charge on any atom is -0.326 e. The average Bonchev–Trinajstić information content (AvgIpc) is 2.87. The smallest absolute Gasteiger partial charge is 0.286 e. The van der Waals surface area contributed by atoms with Crippen LogP contribution in [0.3, 0.4) is 0 Å². The van der Waals surface area contributed by atoms with E-state index in [-0.39, 0.29) is 28.7 Å². The number of hydrogen-bond donors (Lipinski definition) is 2. The summed E-state index contributed by atoms with van der Waals surface area (Å²) in [6, 6.07) is 12.7. The molecule has 1 saturated heterocycles. The van der Waals surface area contributed by atoms with Gasteiger partial charge in [0.25, 0.3) is 5.24 Å². The molecular weight excluding hydrogens is 326 g/mol. The summed E-state index contributed by atoms with van der Waals surface area (Å²) in [6.07, 6.45) is 2.34. The molecule has 3 amide bonds. The zero-order chi connectivity index (χ0) is 16.9. The number of amides is 3. The Labute approximate surface area is 143 Å². The van der Waals surface area contributed by atoms with Gasteiger partial charge in [0.2, 0.25) is 11.8 Å². The van der Waals surface area contributed by atoms with Crippen molar-refractivity contribution in [1.29, 1.82) is 0 Å². The maximum atomic E-state index is 12.0. The number of hydrogen-bond acceptors (Lipinski definition) is 5. The van der Waals surface area contributed by atoms with Gasteiger partial charge in [-0.2, -0.15) is 0 Å². The summed E-state index contributed by atoms with van der Waals surface area (Å²) in [6.45, 7) is 0. The van der Waals surface area contributed by atoms with Gasteiger partial charge in [-0.1, -0.05) is 30.0 Å². The number of imide groups is 1. The Hall–Kier alpha value is -2.67. The molecule has 1 aromatic heterocycles. The fraction of sp³-hybridized carbons (Fsp3) is 0.176. The second kappa shape index (κ2) is 7.27. The number of nitrogens with one attached hydrogen (secondary N) is 2. The van der Waals surface area contributed by atoms with Gasteiger partial charge in [0.05, 0.1) is 11.7 Å². The Morgan fingerprint density at radius 2 is 1.96 bits per heavy atom. The number of pyridine rings is 1. The first-order valence-corrected chi connectivity index (χ1v) is 8.28. The van der Waals surface area contributed by atoms with Crippen LogP contribution in [0.15, 0.2) is 48.7 Å². The molecule has 1 aromatic carbocycles. The molecule has 1 unspecified atom stereocenters. The van der Waals surface area contributed by atoms with Crippen molar-refractivity contribution in [2.75, 3.05) is 5.32 Å². The summed E-state index contributed by atoms with van der Waals surface area (Å²) in [4.78, 5) is 38.8. The van der Waals surface area contributed by atoms with Crippen LogP contribution in [-0.2, 0) is 22.4 Å². The van der Waals surface area contributed by atoms with Crippen LogP contribution in [0.1, 0.15) is 11.3 Å². The number of carbonyl (C=O) groups is 3. The van der Waals surface area contributed by atoms with E-state index in [1.807, 2.05) is 18.2 Å². The molecule has 7 heteroatoms. The van der Waals surface area contributed by atoms with Crippen molar-refractivity contribution in [2.24, 2.45) is 0 Å². The number of thioether (sulfide) groups is 1. The summed E-state index contributed by atoms with van der Waals surface area (Å²) < 4.78 is 0. The zero-order valence-electron chi connectivity index (χ0n) is 12.7. The van der Waals surface area contributed by atoms with Gasteiger partial charge >= 0.3 is 0 Å². The number of aromatic nitrogens is 1. The molecule has 2 aromatic rings. The number of carbonyl (C=O) groups excluding carboxylic acids is 3. The highest BCUT2D eigenvalue weighted by Gasteiger charge is 2.31. The number of nitrogens with zero attached hydrogens (tertiary/aromatic N) is 1. The first-order valence-electron chi connectivity index (χ1n) is 7.40. The monoisotopic (exact) mass is 341 g/mol. The zero-order valence-corrected chi connectivity index (χ0v) is 13.5. The lowest BCUT2D eigenvalue weighted by molar-refractivity contribution is -0.119. The van der Waals surface area contributed by atoms with Crippen molar-refractivity contribution in [2.45, 2.75) is 18.1 Å². The van der Waals surface area contributed by atoms with Crippen LogP contribution in [0.2, 0.25) is 0 Å². The van der Waals surface area contributed by atoms with E-state index in [4.69, 9.17) is 0 Å². The van der Waals surface area contributed by atoms with Crippen molar-refractivity contribution < 1.29 is 14.4 Å². The lowest BCUT2D eigenvalue weighted by Crippen LogP contribution is -2.25. The van der Waals surface area contributed by atoms with Crippen LogP contribution < -0.4 is 10.6 Å². The molecule has 1 fully saturated rings. The molecule has 122 valence electrons. The predicted molar refractivity (Wildman–Crippen MR) is 91.6 cm³/mol. The van der Waals surface area contributed by atoms with Crippen LogP contribution >= 0.6 is 11.8 Å². The van der Waals surface area contributed by atoms with Crippen LogP contribution in [0.5, 0.6) is 0 Å². The number of anilines is 1. The topological polar surface area (TPSA) is 88.2 Å². The Bertz CT molecular complexity index is 762. The van der Waals surface area contributed by atoms with Crippen LogP contribution in [0.25, 0.3) is 0 Å². The molecule has 3 rings (SSSR count). The molecule has 1 aliphatic heterocycles. The van der Waals surface area contributed by atoms with E-state index in [1.54, 1.807) is 30.5 Å². The first-order chi connectivity index (χ1) is 11.6. The van der Waals surface area contributed by atoms with E-state index < -0.39 is 0 Å². The van der Waals surface area contributed by atoms with E-state index >= 15 is 0 Å². The largest absolute Gasteiger partial charge is 0.326 e. The van der Waals surface area contributed by atoms with Crippen molar-refractivity contribution in [3.63, 3.8) is 0 Å². The molecule has 1 atom stereocenters. The van der Waals surface area contributed by atoms with Crippen LogP contribution in [0, 0.1) is 0 Å². The van der Waals surface area contributed by atoms with Gasteiger partial charge in [0.1, 0.15) is 0 Å². The van der Waals surface area contributed by atoms with Crippen molar-refractivity contribution in [3.8, 4) is 0 Å². The van der Waals surface area contributed by atoms with E-state index in [1.165, 1.54) is 0 Å². The van der Waals surface area contributed by atoms with Gasteiger partial charge in [0, 0.05) is 17.6 Å². The highest BCUT2D eigenvalue weighted by molar-refractivity contribution is 8.15. The molecule has 6 nitrogen and oxygen atoms in total. The van der Waals surface area contributed by atoms with Gasteiger partial charge in [0.15, 0.2) is 0 Å². The number of rotatable bonds is 5. The molecule has 2 N–H and O–H groups in total. The Balaban J connectivity index is 1.55. The molecule has 24 heavy (non-hydrogen) atoms. The predicted octanol–water partition coefficient (Wildman–Crippen LogP) is 2.16. The van der Waals surface area contributed by atoms with Gasteiger partial charge < -0.3 is 5.32 Å². The molecular formula is C17H15N3O3S. The third kappa shape index (κ3) is 4.20. The molecule has 2 heterocycles. The SMILES string of the molecule is O=C(Cc1ccccn1)Nc1ccc(CC2SC(=O)NC2=O)cc1. The third-order valence-corrected chi connectivity index (χ3v) is 4.48. The Morgan fingerprint density at radius 1 is 1.17 bits per heavy atom. The highest BCUT2D eigenvalue weighted by atomic mass is 32.2. The first kappa shape index (κ1) is 16.2. The maximum absolute atomic E-state index is 12.0. The normalized spacial score (nSPS) is 16.8. The Kier molecular flexibility index (Phi) is 4.90. The second-order valence-electron chi connectivity index (χ2n) is 5.33. The van der Waals surface area contributed by atoms with Gasteiger partial charge in [-0.3, -0.25) is 24.7 Å². The molecule has 0 aliphatic carbocycles. The third-order valence-electron chi connectivity index (χ3n) is 3.49. The summed E-state index contributed by atoms with van der Waals surface area (Å²) in [7, 11) is 0. The van der Waals surface area contributed by atoms with Crippen LogP contribution in [0.4, 0.5) is 10.5 Å². The lowest BCUT2D eigenvalue weighted by atomic mass is 10.1. The summed E-state index contributed by atoms with van der Waals surface area (Å²) in [5.41, 5.74) is 2.32. The molecule has 0 radical (unpaired) electrons. The summed E-state index contributed by atoms with van der Waals surface area (Å²) >= 11 is 1.01. The second-order valence-corrected chi connectivity index (χ2v) is 6.51. The van der Waals surface area contributed by atoms with Crippen molar-refractivity contribution in [3.05, 3.63) is 59.9 Å². The number of benzene rings is 1. The van der Waals surface area contributed by atoms with E-state index in [0.29, 0.717) is 17.8 Å². The minimum atomic E-state index is -0.387. The standard InChI is InChI=1S/C17H15N3O3S/c21-15(10-13-3-1-2-8-18-13)19-12-6-4-11(5-7-12)9-14-16(22)20-17(23)24-14/h1-8,14H,9-10H2,(H,19,21)(H,20,22,23). The van der Waals surface area contributed by atoms with Crippen LogP contribution in [-0.4, -0.2) is 27.3 Å². The van der Waals surface area contributed by atoms with E-state index in [2.05, 4.69) is 15.6 Å². The fourth-order valence-corrected chi connectivity index (χ4v) is 3.20. The van der Waals surface area contributed by atoms with Gasteiger partial charge in [-0.15, -0.1) is 0 Å². The quantitative estimate of drug-likeness (QED) is 0.870. The van der Waals surface area contributed by atoms with Gasteiger partial charge in [-0.05, 0) is 36.2 Å². The minimum absolute atomic E-state index is 0.141. The van der Waals surface area contributed by atoms with E-state index in [9.17, 15) is 14.4 Å². The highest BCUT2D eigenvalue weighted by Crippen LogP contribution is 2.23. The molecule has 1 aliphatic rings. The van der Waals surface area contributed by atoms with Crippen molar-refractivity contribution >= 4 is 34.5 Å². The lowest BCUT2D eigenvalue weighted by Gasteiger charge is -2.08. The summed E-state index contributed by atoms with van der Waals surface area (Å²) in [5.74, 6) is -0.393. The average molecular weight is 341 g/mol. The molecule has 0 saturated carbocycles. The van der Waals surface area contributed by atoms with Gasteiger partial charge in [-0.25, -0.2) is 0 Å². The Morgan fingerprint density at radius 3 is 2.58 bits per heavy atom.